The molecule has 136 valence electrons. The lowest BCUT2D eigenvalue weighted by Gasteiger charge is -2.32. The van der Waals surface area contributed by atoms with E-state index >= 15 is 0 Å². The summed E-state index contributed by atoms with van der Waals surface area (Å²) in [5.41, 5.74) is 0.194. The van der Waals surface area contributed by atoms with Crippen LogP contribution in [0.4, 0.5) is 13.2 Å². The first-order chi connectivity index (χ1) is 11.5. The zero-order chi connectivity index (χ0) is 17.4. The summed E-state index contributed by atoms with van der Waals surface area (Å²) in [6.45, 7) is 3.89. The fraction of sp³-hybridized carbons (Fsp3) is 0.667. The summed E-state index contributed by atoms with van der Waals surface area (Å²) in [5, 5.41) is 8.68. The minimum absolute atomic E-state index is 0.0413. The molecule has 0 amide bonds. The Labute approximate surface area is 141 Å². The van der Waals surface area contributed by atoms with Gasteiger partial charge in [0.25, 0.3) is 0 Å². The van der Waals surface area contributed by atoms with Crippen molar-refractivity contribution in [2.75, 3.05) is 39.5 Å². The smallest absolute Gasteiger partial charge is 0.394 e. The lowest BCUT2D eigenvalue weighted by Crippen LogP contribution is -2.37. The fourth-order valence-electron chi connectivity index (χ4n) is 3.22. The zero-order valence-corrected chi connectivity index (χ0v) is 13.9. The quantitative estimate of drug-likeness (QED) is 0.734. The summed E-state index contributed by atoms with van der Waals surface area (Å²) in [7, 11) is 0. The van der Waals surface area contributed by atoms with Gasteiger partial charge in [0.1, 0.15) is 0 Å². The van der Waals surface area contributed by atoms with Gasteiger partial charge in [0.05, 0.1) is 25.4 Å². The molecule has 0 aliphatic carbocycles. The van der Waals surface area contributed by atoms with Gasteiger partial charge < -0.3 is 14.7 Å². The third-order valence-corrected chi connectivity index (χ3v) is 4.49. The minimum Gasteiger partial charge on any atom is -0.394 e. The van der Waals surface area contributed by atoms with Crippen LogP contribution in [0.3, 0.4) is 0 Å². The molecule has 1 aliphatic heterocycles. The molecule has 3 nitrogen and oxygen atoms in total. The molecule has 0 unspecified atom stereocenters. The van der Waals surface area contributed by atoms with Gasteiger partial charge in [-0.1, -0.05) is 18.2 Å². The number of rotatable bonds is 8. The van der Waals surface area contributed by atoms with E-state index in [0.29, 0.717) is 25.6 Å². The van der Waals surface area contributed by atoms with E-state index in [1.807, 2.05) is 0 Å². The summed E-state index contributed by atoms with van der Waals surface area (Å²) < 4.78 is 43.6. The van der Waals surface area contributed by atoms with Crippen molar-refractivity contribution in [3.8, 4) is 0 Å². The van der Waals surface area contributed by atoms with Gasteiger partial charge in [-0.15, -0.1) is 0 Å². The average Bonchev–Trinajstić information content (AvgIpc) is 2.57. The molecule has 1 atom stereocenters. The Bertz CT molecular complexity index is 493. The second-order valence-corrected chi connectivity index (χ2v) is 6.38. The van der Waals surface area contributed by atoms with Crippen LogP contribution in [0.1, 0.15) is 30.4 Å². The predicted molar refractivity (Wildman–Crippen MR) is 86.8 cm³/mol. The molecule has 2 rings (SSSR count). The van der Waals surface area contributed by atoms with Crippen molar-refractivity contribution in [1.82, 2.24) is 4.90 Å². The molecule has 1 heterocycles. The van der Waals surface area contributed by atoms with Crippen LogP contribution in [-0.2, 0) is 17.3 Å². The lowest BCUT2D eigenvalue weighted by atomic mass is 9.91. The first-order valence-corrected chi connectivity index (χ1v) is 8.56. The average molecular weight is 345 g/mol. The summed E-state index contributed by atoms with van der Waals surface area (Å²) in [6.07, 6.45) is -0.425. The molecule has 1 aliphatic rings. The molecule has 0 spiro atoms. The molecule has 0 bridgehead atoms. The molecule has 1 saturated heterocycles. The molecule has 1 fully saturated rings. The van der Waals surface area contributed by atoms with Gasteiger partial charge >= 0.3 is 6.18 Å². The van der Waals surface area contributed by atoms with E-state index in [2.05, 4.69) is 4.90 Å². The lowest BCUT2D eigenvalue weighted by molar-refractivity contribution is -0.137. The molecule has 24 heavy (non-hydrogen) atoms. The highest BCUT2D eigenvalue weighted by Crippen LogP contribution is 2.30. The van der Waals surface area contributed by atoms with E-state index in [-0.39, 0.29) is 6.61 Å². The second kappa shape index (κ2) is 9.39. The third-order valence-electron chi connectivity index (χ3n) is 4.49. The highest BCUT2D eigenvalue weighted by Gasteiger charge is 2.30. The number of aryl methyl sites for hydroxylation is 1. The van der Waals surface area contributed by atoms with E-state index in [4.69, 9.17) is 9.84 Å². The van der Waals surface area contributed by atoms with Crippen LogP contribution >= 0.6 is 0 Å². The molecule has 1 aromatic carbocycles. The normalized spacial score (nSPS) is 19.6. The van der Waals surface area contributed by atoms with E-state index < -0.39 is 11.7 Å². The number of aliphatic hydroxyl groups is 1. The SMILES string of the molecule is OCCOCCN1CCC[C@@H](CCc2cccc(C(F)(F)F)c2)C1. The topological polar surface area (TPSA) is 32.7 Å². The molecule has 1 aromatic rings. The second-order valence-electron chi connectivity index (χ2n) is 6.38. The highest BCUT2D eigenvalue weighted by molar-refractivity contribution is 5.25. The zero-order valence-electron chi connectivity index (χ0n) is 13.9. The van der Waals surface area contributed by atoms with Gasteiger partial charge in [0.15, 0.2) is 0 Å². The monoisotopic (exact) mass is 345 g/mol. The van der Waals surface area contributed by atoms with Crippen molar-refractivity contribution < 1.29 is 23.0 Å². The maximum absolute atomic E-state index is 12.8. The van der Waals surface area contributed by atoms with Crippen molar-refractivity contribution in [2.45, 2.75) is 31.9 Å². The fourth-order valence-corrected chi connectivity index (χ4v) is 3.22. The van der Waals surface area contributed by atoms with Gasteiger partial charge in [-0.25, -0.2) is 0 Å². The summed E-state index contributed by atoms with van der Waals surface area (Å²) in [4.78, 5) is 2.34. The van der Waals surface area contributed by atoms with Crippen LogP contribution < -0.4 is 0 Å². The number of benzene rings is 1. The summed E-state index contributed by atoms with van der Waals surface area (Å²) in [6, 6.07) is 5.66. The number of halogens is 3. The molecule has 0 aromatic heterocycles. The number of likely N-dealkylation sites (tertiary alicyclic amines) is 1. The number of hydrogen-bond donors (Lipinski definition) is 1. The first-order valence-electron chi connectivity index (χ1n) is 8.56. The van der Waals surface area contributed by atoms with Crippen LogP contribution in [0.5, 0.6) is 0 Å². The van der Waals surface area contributed by atoms with Crippen molar-refractivity contribution in [1.29, 1.82) is 0 Å². The van der Waals surface area contributed by atoms with Crippen molar-refractivity contribution >= 4 is 0 Å². The Hall–Kier alpha value is -1.11. The number of aliphatic hydroxyl groups excluding tert-OH is 1. The van der Waals surface area contributed by atoms with Gasteiger partial charge in [0.2, 0.25) is 0 Å². The molecular weight excluding hydrogens is 319 g/mol. The van der Waals surface area contributed by atoms with E-state index in [1.165, 1.54) is 12.1 Å². The van der Waals surface area contributed by atoms with Crippen LogP contribution in [0, 0.1) is 5.92 Å². The van der Waals surface area contributed by atoms with Crippen molar-refractivity contribution in [3.63, 3.8) is 0 Å². The largest absolute Gasteiger partial charge is 0.416 e. The molecule has 1 N–H and O–H groups in total. The number of alkyl halides is 3. The standard InChI is InChI=1S/C18H26F3NO2/c19-18(20,21)17-5-1-3-15(13-17)6-7-16-4-2-8-22(14-16)9-11-24-12-10-23/h1,3,5,13,16,23H,2,4,6-12,14H2/t16-/m0/s1. The Kier molecular flexibility index (Phi) is 7.52. The van der Waals surface area contributed by atoms with Gasteiger partial charge in [-0.05, 0) is 49.8 Å². The van der Waals surface area contributed by atoms with E-state index in [9.17, 15) is 13.2 Å². The molecular formula is C18H26F3NO2. The van der Waals surface area contributed by atoms with Gasteiger partial charge in [-0.3, -0.25) is 0 Å². The molecule has 0 radical (unpaired) electrons. The van der Waals surface area contributed by atoms with Crippen molar-refractivity contribution in [3.05, 3.63) is 35.4 Å². The third kappa shape index (κ3) is 6.42. The first kappa shape index (κ1) is 19.2. The number of nitrogens with zero attached hydrogens (tertiary/aromatic N) is 1. The van der Waals surface area contributed by atoms with E-state index in [0.717, 1.165) is 50.5 Å². The minimum atomic E-state index is -4.27. The number of hydrogen-bond acceptors (Lipinski definition) is 3. The van der Waals surface area contributed by atoms with Gasteiger partial charge in [0, 0.05) is 13.1 Å². The van der Waals surface area contributed by atoms with Crippen LogP contribution in [-0.4, -0.2) is 49.5 Å². The summed E-state index contributed by atoms with van der Waals surface area (Å²) >= 11 is 0. The van der Waals surface area contributed by atoms with Crippen LogP contribution in [0.2, 0.25) is 0 Å². The Morgan fingerprint density at radius 1 is 1.25 bits per heavy atom. The van der Waals surface area contributed by atoms with Crippen molar-refractivity contribution in [2.24, 2.45) is 5.92 Å². The Balaban J connectivity index is 1.77. The van der Waals surface area contributed by atoms with Crippen LogP contribution in [0.15, 0.2) is 24.3 Å². The van der Waals surface area contributed by atoms with E-state index in [1.54, 1.807) is 6.07 Å². The summed E-state index contributed by atoms with van der Waals surface area (Å²) in [5.74, 6) is 0.520. The van der Waals surface area contributed by atoms with Gasteiger partial charge in [-0.2, -0.15) is 13.2 Å². The Morgan fingerprint density at radius 2 is 2.08 bits per heavy atom. The number of piperidine rings is 1. The predicted octanol–water partition coefficient (Wildman–Crippen LogP) is 3.36. The molecule has 6 heteroatoms. The van der Waals surface area contributed by atoms with Crippen LogP contribution in [0.25, 0.3) is 0 Å². The Morgan fingerprint density at radius 3 is 2.83 bits per heavy atom. The molecule has 0 saturated carbocycles. The highest BCUT2D eigenvalue weighted by atomic mass is 19.4. The number of ether oxygens (including phenoxy) is 1. The maximum Gasteiger partial charge on any atom is 0.416 e. The maximum atomic E-state index is 12.8.